The predicted octanol–water partition coefficient (Wildman–Crippen LogP) is 4.33. The number of hydrogen-bond donors (Lipinski definition) is 1. The summed E-state index contributed by atoms with van der Waals surface area (Å²) in [5, 5.41) is 3.53. The van der Waals surface area contributed by atoms with Gasteiger partial charge in [-0.2, -0.15) is 0 Å². The Kier molecular flexibility index (Phi) is 6.54. The van der Waals surface area contributed by atoms with Gasteiger partial charge in [-0.15, -0.1) is 0 Å². The minimum Gasteiger partial charge on any atom is -0.490 e. The molecule has 1 rings (SSSR count). The molecule has 0 aliphatic heterocycles. The van der Waals surface area contributed by atoms with Crippen LogP contribution in [0.15, 0.2) is 18.2 Å². The lowest BCUT2D eigenvalue weighted by atomic mass is 10.0. The molecule has 0 saturated carbocycles. The van der Waals surface area contributed by atoms with E-state index in [-0.39, 0.29) is 0 Å². The van der Waals surface area contributed by atoms with Crippen molar-refractivity contribution in [1.82, 2.24) is 0 Å². The predicted molar refractivity (Wildman–Crippen MR) is 81.3 cm³/mol. The second kappa shape index (κ2) is 7.93. The van der Waals surface area contributed by atoms with Crippen LogP contribution in [-0.2, 0) is 0 Å². The van der Waals surface area contributed by atoms with Gasteiger partial charge >= 0.3 is 0 Å². The monoisotopic (exact) mass is 265 g/mol. The molecule has 0 aromatic heterocycles. The van der Waals surface area contributed by atoms with Crippen molar-refractivity contribution in [3.05, 3.63) is 18.2 Å². The van der Waals surface area contributed by atoms with Crippen molar-refractivity contribution >= 4 is 5.69 Å². The smallest absolute Gasteiger partial charge is 0.163 e. The van der Waals surface area contributed by atoms with E-state index in [2.05, 4.69) is 26.1 Å². The Labute approximate surface area is 117 Å². The summed E-state index contributed by atoms with van der Waals surface area (Å²) in [5.41, 5.74) is 1.08. The van der Waals surface area contributed by atoms with Gasteiger partial charge in [-0.25, -0.2) is 0 Å². The molecular weight excluding hydrogens is 238 g/mol. The molecular formula is C16H27NO2. The Bertz CT molecular complexity index is 379. The zero-order chi connectivity index (χ0) is 14.3. The maximum absolute atomic E-state index is 5.63. The minimum absolute atomic E-state index is 0.442. The van der Waals surface area contributed by atoms with Crippen LogP contribution in [0, 0.1) is 5.92 Å². The van der Waals surface area contributed by atoms with E-state index in [0.717, 1.165) is 17.2 Å². The third-order valence-electron chi connectivity index (χ3n) is 3.44. The average Bonchev–Trinajstić information content (AvgIpc) is 2.41. The fourth-order valence-corrected chi connectivity index (χ4v) is 1.90. The third-order valence-corrected chi connectivity index (χ3v) is 3.44. The average molecular weight is 265 g/mol. The lowest BCUT2D eigenvalue weighted by Gasteiger charge is -2.22. The molecule has 0 aliphatic carbocycles. The summed E-state index contributed by atoms with van der Waals surface area (Å²) in [6.07, 6.45) is 1.17. The van der Waals surface area contributed by atoms with Crippen LogP contribution in [0.25, 0.3) is 0 Å². The van der Waals surface area contributed by atoms with Crippen LogP contribution in [-0.4, -0.2) is 19.3 Å². The number of anilines is 1. The number of benzene rings is 1. The molecule has 0 heterocycles. The molecule has 3 heteroatoms. The first-order chi connectivity index (χ1) is 9.12. The summed E-state index contributed by atoms with van der Waals surface area (Å²) < 4.78 is 11.2. The highest BCUT2D eigenvalue weighted by Gasteiger charge is 2.11. The first kappa shape index (κ1) is 15.7. The van der Waals surface area contributed by atoms with Crippen molar-refractivity contribution < 1.29 is 9.47 Å². The molecule has 2 atom stereocenters. The quantitative estimate of drug-likeness (QED) is 0.759. The van der Waals surface area contributed by atoms with Gasteiger partial charge in [0.2, 0.25) is 0 Å². The van der Waals surface area contributed by atoms with Gasteiger partial charge in [-0.3, -0.25) is 0 Å². The standard InChI is InChI=1S/C16H27NO2/c1-6-12(4)13(5)17-14-9-10-15(18-7-2)16(11-14)19-8-3/h9-13,17H,6-8H2,1-5H3. The van der Waals surface area contributed by atoms with E-state index < -0.39 is 0 Å². The SMILES string of the molecule is CCOc1ccc(NC(C)C(C)CC)cc1OCC. The summed E-state index contributed by atoms with van der Waals surface area (Å²) >= 11 is 0. The molecule has 3 nitrogen and oxygen atoms in total. The van der Waals surface area contributed by atoms with E-state index in [1.807, 2.05) is 32.0 Å². The van der Waals surface area contributed by atoms with E-state index in [9.17, 15) is 0 Å². The van der Waals surface area contributed by atoms with Crippen LogP contribution in [0.2, 0.25) is 0 Å². The highest BCUT2D eigenvalue weighted by molar-refractivity contribution is 5.55. The molecule has 0 saturated heterocycles. The number of ether oxygens (including phenoxy) is 2. The Morgan fingerprint density at radius 1 is 1.00 bits per heavy atom. The van der Waals surface area contributed by atoms with Crippen LogP contribution in [0.3, 0.4) is 0 Å². The van der Waals surface area contributed by atoms with Crippen LogP contribution in [0.5, 0.6) is 11.5 Å². The fraction of sp³-hybridized carbons (Fsp3) is 0.625. The van der Waals surface area contributed by atoms with Gasteiger partial charge in [-0.1, -0.05) is 20.3 Å². The maximum Gasteiger partial charge on any atom is 0.163 e. The first-order valence-electron chi connectivity index (χ1n) is 7.28. The second-order valence-electron chi connectivity index (χ2n) is 4.85. The summed E-state index contributed by atoms with van der Waals surface area (Å²) in [5.74, 6) is 2.26. The lowest BCUT2D eigenvalue weighted by Crippen LogP contribution is -2.23. The normalized spacial score (nSPS) is 13.7. The second-order valence-corrected chi connectivity index (χ2v) is 4.85. The molecule has 0 bridgehead atoms. The van der Waals surface area contributed by atoms with E-state index >= 15 is 0 Å². The zero-order valence-electron chi connectivity index (χ0n) is 12.8. The van der Waals surface area contributed by atoms with Crippen molar-refractivity contribution in [3.8, 4) is 11.5 Å². The van der Waals surface area contributed by atoms with Gasteiger partial charge in [0.05, 0.1) is 13.2 Å². The van der Waals surface area contributed by atoms with Gasteiger partial charge in [0.1, 0.15) is 0 Å². The third kappa shape index (κ3) is 4.66. The number of hydrogen-bond acceptors (Lipinski definition) is 3. The van der Waals surface area contributed by atoms with Gasteiger partial charge in [0, 0.05) is 17.8 Å². The molecule has 1 aromatic rings. The lowest BCUT2D eigenvalue weighted by molar-refractivity contribution is 0.288. The van der Waals surface area contributed by atoms with E-state index in [1.165, 1.54) is 6.42 Å². The zero-order valence-corrected chi connectivity index (χ0v) is 12.8. The molecule has 0 fully saturated rings. The highest BCUT2D eigenvalue weighted by atomic mass is 16.5. The Morgan fingerprint density at radius 3 is 2.21 bits per heavy atom. The van der Waals surface area contributed by atoms with Crippen molar-refractivity contribution in [2.24, 2.45) is 5.92 Å². The fourth-order valence-electron chi connectivity index (χ4n) is 1.90. The molecule has 0 spiro atoms. The first-order valence-corrected chi connectivity index (χ1v) is 7.28. The molecule has 2 unspecified atom stereocenters. The summed E-state index contributed by atoms with van der Waals surface area (Å²) in [4.78, 5) is 0. The van der Waals surface area contributed by atoms with Gasteiger partial charge in [-0.05, 0) is 38.8 Å². The molecule has 19 heavy (non-hydrogen) atoms. The van der Waals surface area contributed by atoms with Crippen molar-refractivity contribution in [2.75, 3.05) is 18.5 Å². The Morgan fingerprint density at radius 2 is 1.63 bits per heavy atom. The maximum atomic E-state index is 5.63. The highest BCUT2D eigenvalue weighted by Crippen LogP contribution is 2.31. The molecule has 0 radical (unpaired) electrons. The van der Waals surface area contributed by atoms with Gasteiger partial charge < -0.3 is 14.8 Å². The molecule has 108 valence electrons. The van der Waals surface area contributed by atoms with E-state index in [4.69, 9.17) is 9.47 Å². The summed E-state index contributed by atoms with van der Waals surface area (Å²) in [6.45, 7) is 11.9. The molecule has 0 amide bonds. The molecule has 0 aliphatic rings. The van der Waals surface area contributed by atoms with Crippen LogP contribution >= 0.6 is 0 Å². The largest absolute Gasteiger partial charge is 0.490 e. The number of rotatable bonds is 8. The topological polar surface area (TPSA) is 30.5 Å². The summed E-state index contributed by atoms with van der Waals surface area (Å²) in [6, 6.07) is 6.48. The molecule has 1 aromatic carbocycles. The van der Waals surface area contributed by atoms with Crippen LogP contribution < -0.4 is 14.8 Å². The van der Waals surface area contributed by atoms with Crippen molar-refractivity contribution in [1.29, 1.82) is 0 Å². The van der Waals surface area contributed by atoms with E-state index in [0.29, 0.717) is 25.2 Å². The van der Waals surface area contributed by atoms with Crippen LogP contribution in [0.1, 0.15) is 41.0 Å². The summed E-state index contributed by atoms with van der Waals surface area (Å²) in [7, 11) is 0. The van der Waals surface area contributed by atoms with E-state index in [1.54, 1.807) is 0 Å². The van der Waals surface area contributed by atoms with Crippen molar-refractivity contribution in [3.63, 3.8) is 0 Å². The van der Waals surface area contributed by atoms with Crippen molar-refractivity contribution in [2.45, 2.75) is 47.1 Å². The number of nitrogens with one attached hydrogen (secondary N) is 1. The van der Waals surface area contributed by atoms with Gasteiger partial charge in [0.25, 0.3) is 0 Å². The van der Waals surface area contributed by atoms with Gasteiger partial charge in [0.15, 0.2) is 11.5 Å². The Balaban J connectivity index is 2.82. The minimum atomic E-state index is 0.442. The Hall–Kier alpha value is -1.38. The molecule has 1 N–H and O–H groups in total. The van der Waals surface area contributed by atoms with Crippen LogP contribution in [0.4, 0.5) is 5.69 Å².